The highest BCUT2D eigenvalue weighted by Crippen LogP contribution is 2.21. The molecule has 1 saturated heterocycles. The van der Waals surface area contributed by atoms with E-state index in [9.17, 15) is 4.79 Å². The molecule has 0 aliphatic carbocycles. The molecule has 4 rings (SSSR count). The van der Waals surface area contributed by atoms with Crippen LogP contribution in [0.2, 0.25) is 0 Å². The summed E-state index contributed by atoms with van der Waals surface area (Å²) in [5.41, 5.74) is 0.989. The summed E-state index contributed by atoms with van der Waals surface area (Å²) in [4.78, 5) is 18.9. The number of carbonyl (C=O) groups excluding carboxylic acids is 1. The average molecular weight is 377 g/mol. The largest absolute Gasteiger partial charge is 0.484 e. The summed E-state index contributed by atoms with van der Waals surface area (Å²) in [6, 6.07) is 17.8. The first kappa shape index (κ1) is 18.3. The number of nitrogens with zero attached hydrogens (tertiary/aromatic N) is 2. The zero-order valence-electron chi connectivity index (χ0n) is 15.6. The fourth-order valence-electron chi connectivity index (χ4n) is 3.28. The summed E-state index contributed by atoms with van der Waals surface area (Å²) in [7, 11) is 0. The summed E-state index contributed by atoms with van der Waals surface area (Å²) in [6.45, 7) is 3.40. The maximum Gasteiger partial charge on any atom is 0.258 e. The number of carbonyl (C=O) groups is 1. The molecule has 2 heterocycles. The number of hydrogen-bond donors (Lipinski definition) is 1. The van der Waals surface area contributed by atoms with Crippen molar-refractivity contribution in [2.24, 2.45) is 0 Å². The van der Waals surface area contributed by atoms with Crippen molar-refractivity contribution in [2.45, 2.75) is 6.54 Å². The number of aromatic nitrogens is 1. The van der Waals surface area contributed by atoms with Crippen LogP contribution in [0.25, 0.3) is 10.8 Å². The van der Waals surface area contributed by atoms with Crippen molar-refractivity contribution in [3.63, 3.8) is 0 Å². The van der Waals surface area contributed by atoms with Crippen LogP contribution in [0, 0.1) is 0 Å². The van der Waals surface area contributed by atoms with Gasteiger partial charge in [-0.15, -0.1) is 0 Å². The van der Waals surface area contributed by atoms with Crippen LogP contribution in [0.4, 0.5) is 5.82 Å². The Labute approximate surface area is 164 Å². The molecule has 0 unspecified atom stereocenters. The molecule has 0 atom stereocenters. The van der Waals surface area contributed by atoms with Gasteiger partial charge in [-0.3, -0.25) is 4.79 Å². The number of fused-ring (bicyclic) bond motifs is 1. The van der Waals surface area contributed by atoms with Gasteiger partial charge in [0, 0.05) is 31.4 Å². The Morgan fingerprint density at radius 3 is 2.75 bits per heavy atom. The summed E-state index contributed by atoms with van der Waals surface area (Å²) < 4.78 is 11.1. The minimum atomic E-state index is -0.162. The predicted octanol–water partition coefficient (Wildman–Crippen LogP) is 2.77. The molecule has 3 aromatic rings. The molecule has 0 radical (unpaired) electrons. The molecule has 0 spiro atoms. The van der Waals surface area contributed by atoms with Crippen LogP contribution >= 0.6 is 0 Å². The Morgan fingerprint density at radius 2 is 1.89 bits per heavy atom. The third-order valence-electron chi connectivity index (χ3n) is 4.74. The Balaban J connectivity index is 1.33. The molecular weight excluding hydrogens is 354 g/mol. The van der Waals surface area contributed by atoms with Gasteiger partial charge in [0.1, 0.15) is 11.6 Å². The molecule has 2 aromatic carbocycles. The first-order valence-corrected chi connectivity index (χ1v) is 9.44. The van der Waals surface area contributed by atoms with Crippen LogP contribution in [0.15, 0.2) is 60.8 Å². The second-order valence-corrected chi connectivity index (χ2v) is 6.66. The van der Waals surface area contributed by atoms with E-state index in [2.05, 4.69) is 15.2 Å². The molecule has 1 aliphatic rings. The lowest BCUT2D eigenvalue weighted by Gasteiger charge is -2.29. The van der Waals surface area contributed by atoms with Crippen molar-refractivity contribution < 1.29 is 14.3 Å². The molecule has 1 fully saturated rings. The second kappa shape index (κ2) is 8.71. The van der Waals surface area contributed by atoms with Gasteiger partial charge >= 0.3 is 0 Å². The van der Waals surface area contributed by atoms with Crippen molar-refractivity contribution in [1.29, 1.82) is 0 Å². The van der Waals surface area contributed by atoms with Crippen LogP contribution in [0.5, 0.6) is 5.75 Å². The van der Waals surface area contributed by atoms with E-state index in [1.807, 2.05) is 54.6 Å². The monoisotopic (exact) mass is 377 g/mol. The number of rotatable bonds is 6. The number of ether oxygens (including phenoxy) is 2. The fraction of sp³-hybridized carbons (Fsp3) is 0.273. The number of anilines is 1. The van der Waals surface area contributed by atoms with Gasteiger partial charge in [-0.25, -0.2) is 4.98 Å². The normalized spacial score (nSPS) is 14.1. The Kier molecular flexibility index (Phi) is 5.68. The van der Waals surface area contributed by atoms with E-state index in [0.29, 0.717) is 25.5 Å². The quantitative estimate of drug-likeness (QED) is 0.716. The molecular formula is C22H23N3O3. The van der Waals surface area contributed by atoms with Crippen LogP contribution in [0.3, 0.4) is 0 Å². The third-order valence-corrected chi connectivity index (χ3v) is 4.74. The first-order chi connectivity index (χ1) is 13.8. The smallest absolute Gasteiger partial charge is 0.258 e. The van der Waals surface area contributed by atoms with Crippen molar-refractivity contribution in [3.05, 3.63) is 66.4 Å². The van der Waals surface area contributed by atoms with Gasteiger partial charge in [0.15, 0.2) is 6.61 Å². The second-order valence-electron chi connectivity index (χ2n) is 6.66. The third kappa shape index (κ3) is 4.40. The summed E-state index contributed by atoms with van der Waals surface area (Å²) >= 11 is 0. The van der Waals surface area contributed by atoms with E-state index in [0.717, 1.165) is 35.2 Å². The Morgan fingerprint density at radius 1 is 1.07 bits per heavy atom. The van der Waals surface area contributed by atoms with Gasteiger partial charge in [0.05, 0.1) is 13.2 Å². The fourth-order valence-corrected chi connectivity index (χ4v) is 3.28. The lowest BCUT2D eigenvalue weighted by Crippen LogP contribution is -2.38. The minimum Gasteiger partial charge on any atom is -0.484 e. The highest BCUT2D eigenvalue weighted by Gasteiger charge is 2.16. The summed E-state index contributed by atoms with van der Waals surface area (Å²) in [5, 5.41) is 5.16. The molecule has 1 amide bonds. The van der Waals surface area contributed by atoms with E-state index in [1.165, 1.54) is 0 Å². The Bertz CT molecular complexity index is 954. The topological polar surface area (TPSA) is 63.7 Å². The van der Waals surface area contributed by atoms with E-state index in [4.69, 9.17) is 9.47 Å². The molecule has 1 N–H and O–H groups in total. The van der Waals surface area contributed by atoms with Crippen molar-refractivity contribution in [1.82, 2.24) is 10.3 Å². The molecule has 0 saturated carbocycles. The van der Waals surface area contributed by atoms with Crippen LogP contribution in [-0.4, -0.2) is 43.8 Å². The van der Waals surface area contributed by atoms with Crippen molar-refractivity contribution in [3.8, 4) is 5.75 Å². The van der Waals surface area contributed by atoms with E-state index < -0.39 is 0 Å². The molecule has 144 valence electrons. The number of nitrogens with one attached hydrogen (secondary N) is 1. The average Bonchev–Trinajstić information content (AvgIpc) is 2.77. The number of benzene rings is 2. The summed E-state index contributed by atoms with van der Waals surface area (Å²) in [5.74, 6) is 1.43. The molecule has 1 aliphatic heterocycles. The van der Waals surface area contributed by atoms with Crippen LogP contribution in [-0.2, 0) is 16.1 Å². The molecule has 1 aromatic heterocycles. The van der Waals surface area contributed by atoms with E-state index >= 15 is 0 Å². The van der Waals surface area contributed by atoms with Gasteiger partial charge in [0.25, 0.3) is 5.91 Å². The van der Waals surface area contributed by atoms with Gasteiger partial charge in [0.2, 0.25) is 0 Å². The van der Waals surface area contributed by atoms with E-state index in [-0.39, 0.29) is 12.5 Å². The first-order valence-electron chi connectivity index (χ1n) is 9.44. The minimum absolute atomic E-state index is 0.0223. The van der Waals surface area contributed by atoms with Gasteiger partial charge < -0.3 is 19.7 Å². The number of pyridine rings is 1. The zero-order valence-corrected chi connectivity index (χ0v) is 15.6. The van der Waals surface area contributed by atoms with E-state index in [1.54, 1.807) is 6.20 Å². The number of hydrogen-bond acceptors (Lipinski definition) is 5. The van der Waals surface area contributed by atoms with Gasteiger partial charge in [-0.1, -0.05) is 36.4 Å². The lowest BCUT2D eigenvalue weighted by atomic mass is 10.1. The van der Waals surface area contributed by atoms with Crippen LogP contribution < -0.4 is 15.0 Å². The standard InChI is InChI=1S/C22H23N3O3/c26-21(16-28-20-8-7-17-4-1-2-5-18(17)14-20)24-15-19-6-3-9-23-22(19)25-10-12-27-13-11-25/h1-9,14H,10-13,15-16H2,(H,24,26). The van der Waals surface area contributed by atoms with Crippen molar-refractivity contribution in [2.75, 3.05) is 37.8 Å². The molecule has 0 bridgehead atoms. The summed E-state index contributed by atoms with van der Waals surface area (Å²) in [6.07, 6.45) is 1.78. The molecule has 6 nitrogen and oxygen atoms in total. The Hall–Kier alpha value is -3.12. The predicted molar refractivity (Wildman–Crippen MR) is 109 cm³/mol. The van der Waals surface area contributed by atoms with Crippen LogP contribution in [0.1, 0.15) is 5.56 Å². The van der Waals surface area contributed by atoms with Gasteiger partial charge in [-0.05, 0) is 29.0 Å². The maximum atomic E-state index is 12.3. The maximum absolute atomic E-state index is 12.3. The SMILES string of the molecule is O=C(COc1ccc2ccccc2c1)NCc1cccnc1N1CCOCC1. The highest BCUT2D eigenvalue weighted by molar-refractivity contribution is 5.84. The molecule has 28 heavy (non-hydrogen) atoms. The molecule has 6 heteroatoms. The zero-order chi connectivity index (χ0) is 19.2. The van der Waals surface area contributed by atoms with Crippen molar-refractivity contribution >= 4 is 22.5 Å². The lowest BCUT2D eigenvalue weighted by molar-refractivity contribution is -0.123. The number of amides is 1. The number of morpholine rings is 1. The highest BCUT2D eigenvalue weighted by atomic mass is 16.5. The van der Waals surface area contributed by atoms with Gasteiger partial charge in [-0.2, -0.15) is 0 Å².